The van der Waals surface area contributed by atoms with Gasteiger partial charge in [-0.1, -0.05) is 23.7 Å². The van der Waals surface area contributed by atoms with Gasteiger partial charge in [0, 0.05) is 24.5 Å². The first-order valence-electron chi connectivity index (χ1n) is 10.4. The predicted molar refractivity (Wildman–Crippen MR) is 113 cm³/mol. The Morgan fingerprint density at radius 1 is 1.16 bits per heavy atom. The van der Waals surface area contributed by atoms with Crippen LogP contribution in [-0.4, -0.2) is 58.6 Å². The molecule has 0 spiro atoms. The maximum atomic E-state index is 12.7. The molecule has 31 heavy (non-hydrogen) atoms. The van der Waals surface area contributed by atoms with E-state index in [1.54, 1.807) is 4.90 Å². The molecule has 3 N–H and O–H groups in total. The van der Waals surface area contributed by atoms with E-state index in [9.17, 15) is 19.5 Å². The molecule has 1 saturated carbocycles. The molecule has 1 fully saturated rings. The second kappa shape index (κ2) is 10.6. The van der Waals surface area contributed by atoms with Crippen LogP contribution in [0.25, 0.3) is 0 Å². The molecule has 8 nitrogen and oxygen atoms in total. The third-order valence-corrected chi connectivity index (χ3v) is 5.96. The fourth-order valence-electron chi connectivity index (χ4n) is 3.98. The zero-order chi connectivity index (χ0) is 22.4. The van der Waals surface area contributed by atoms with Crippen LogP contribution >= 0.6 is 11.6 Å². The Kier molecular flexibility index (Phi) is 7.92. The second-order valence-electron chi connectivity index (χ2n) is 7.98. The quantitative estimate of drug-likeness (QED) is 0.524. The summed E-state index contributed by atoms with van der Waals surface area (Å²) in [4.78, 5) is 37.1. The van der Waals surface area contributed by atoms with Crippen LogP contribution in [0.15, 0.2) is 35.6 Å². The Balaban J connectivity index is 1.46. The maximum Gasteiger partial charge on any atom is 0.322 e. The number of carbonyl (C=O) groups excluding carboxylic acids is 2. The van der Waals surface area contributed by atoms with Gasteiger partial charge in [-0.3, -0.25) is 14.4 Å². The van der Waals surface area contributed by atoms with Gasteiger partial charge in [0.2, 0.25) is 0 Å². The molecule has 0 atom stereocenters. The number of carboxylic acids is 1. The van der Waals surface area contributed by atoms with Gasteiger partial charge < -0.3 is 25.2 Å². The van der Waals surface area contributed by atoms with Crippen LogP contribution in [0, 0.1) is 5.92 Å². The Bertz CT molecular complexity index is 846. The van der Waals surface area contributed by atoms with E-state index in [0.717, 1.165) is 31.2 Å². The number of carboxylic acid groups (broad SMARTS) is 1. The standard InChI is InChI=1S/C22H27ClN2O6/c23-16-5-1-15(2-6-16)13-31-17-7-3-14(4-8-17)12-25-10-9-18(26)20(22(25)30)21(29)24-11-19(27)28/h1-2,5-6,14,17,26H,3-4,7-13H2,(H,24,29)(H,27,28). The zero-order valence-electron chi connectivity index (χ0n) is 17.2. The van der Waals surface area contributed by atoms with Gasteiger partial charge in [0.05, 0.1) is 12.7 Å². The van der Waals surface area contributed by atoms with Crippen LogP contribution in [0.1, 0.15) is 37.7 Å². The molecular weight excluding hydrogens is 424 g/mol. The number of nitrogens with zero attached hydrogens (tertiary/aromatic N) is 1. The normalized spacial score (nSPS) is 21.8. The van der Waals surface area contributed by atoms with Gasteiger partial charge in [0.25, 0.3) is 11.8 Å². The lowest BCUT2D eigenvalue weighted by Gasteiger charge is -2.34. The fourth-order valence-corrected chi connectivity index (χ4v) is 4.11. The summed E-state index contributed by atoms with van der Waals surface area (Å²) in [6.45, 7) is 0.776. The molecule has 1 aliphatic heterocycles. The van der Waals surface area contributed by atoms with Crippen molar-refractivity contribution in [2.75, 3.05) is 19.6 Å². The van der Waals surface area contributed by atoms with E-state index < -0.39 is 24.3 Å². The lowest BCUT2D eigenvalue weighted by atomic mass is 9.86. The average Bonchev–Trinajstić information content (AvgIpc) is 2.75. The number of halogens is 1. The minimum atomic E-state index is -1.22. The van der Waals surface area contributed by atoms with Crippen LogP contribution in [0.5, 0.6) is 0 Å². The Hall–Kier alpha value is -2.58. The molecule has 0 radical (unpaired) electrons. The molecule has 1 aliphatic carbocycles. The van der Waals surface area contributed by atoms with E-state index in [1.165, 1.54) is 0 Å². The Morgan fingerprint density at radius 3 is 2.48 bits per heavy atom. The molecule has 168 valence electrons. The number of hydrogen-bond acceptors (Lipinski definition) is 5. The minimum absolute atomic E-state index is 0.172. The van der Waals surface area contributed by atoms with Gasteiger partial charge in [-0.25, -0.2) is 0 Å². The number of benzene rings is 1. The van der Waals surface area contributed by atoms with Crippen molar-refractivity contribution in [2.24, 2.45) is 5.92 Å². The molecule has 1 aromatic rings. The molecule has 1 heterocycles. The molecule has 2 aliphatic rings. The van der Waals surface area contributed by atoms with Crippen molar-refractivity contribution in [1.29, 1.82) is 0 Å². The molecule has 3 rings (SSSR count). The number of ether oxygens (including phenoxy) is 1. The van der Waals surface area contributed by atoms with Gasteiger partial charge in [-0.15, -0.1) is 0 Å². The van der Waals surface area contributed by atoms with Gasteiger partial charge in [0.15, 0.2) is 0 Å². The molecule has 0 saturated heterocycles. The van der Waals surface area contributed by atoms with Crippen LogP contribution in [0.4, 0.5) is 0 Å². The smallest absolute Gasteiger partial charge is 0.322 e. The van der Waals surface area contributed by atoms with E-state index in [0.29, 0.717) is 30.6 Å². The van der Waals surface area contributed by atoms with E-state index in [4.69, 9.17) is 21.4 Å². The van der Waals surface area contributed by atoms with Crippen LogP contribution < -0.4 is 5.32 Å². The number of carbonyl (C=O) groups is 3. The molecule has 1 aromatic carbocycles. The summed E-state index contributed by atoms with van der Waals surface area (Å²) in [5, 5.41) is 21.5. The number of nitrogens with one attached hydrogen (secondary N) is 1. The van der Waals surface area contributed by atoms with Crippen molar-refractivity contribution in [3.05, 3.63) is 46.2 Å². The van der Waals surface area contributed by atoms with Gasteiger partial charge in [-0.05, 0) is 49.3 Å². The summed E-state index contributed by atoms with van der Waals surface area (Å²) in [7, 11) is 0. The summed E-state index contributed by atoms with van der Waals surface area (Å²) >= 11 is 5.90. The number of hydrogen-bond donors (Lipinski definition) is 3. The molecule has 2 amide bonds. The average molecular weight is 451 g/mol. The summed E-state index contributed by atoms with van der Waals surface area (Å²) in [6.07, 6.45) is 3.96. The van der Waals surface area contributed by atoms with Crippen molar-refractivity contribution in [3.8, 4) is 0 Å². The topological polar surface area (TPSA) is 116 Å². The first-order chi connectivity index (χ1) is 14.8. The summed E-state index contributed by atoms with van der Waals surface area (Å²) in [5.74, 6) is -2.61. The molecular formula is C22H27ClN2O6. The predicted octanol–water partition coefficient (Wildman–Crippen LogP) is 2.66. The van der Waals surface area contributed by atoms with E-state index in [2.05, 4.69) is 5.32 Å². The SMILES string of the molecule is O=C(O)CNC(=O)C1=C(O)CCN(CC2CCC(OCc3ccc(Cl)cc3)CC2)C1=O. The third-order valence-electron chi connectivity index (χ3n) is 5.71. The summed E-state index contributed by atoms with van der Waals surface area (Å²) in [6, 6.07) is 7.58. The largest absolute Gasteiger partial charge is 0.511 e. The zero-order valence-corrected chi connectivity index (χ0v) is 17.9. The highest BCUT2D eigenvalue weighted by Gasteiger charge is 2.34. The van der Waals surface area contributed by atoms with Crippen molar-refractivity contribution in [3.63, 3.8) is 0 Å². The lowest BCUT2D eigenvalue weighted by Crippen LogP contribution is -2.45. The highest BCUT2D eigenvalue weighted by molar-refractivity contribution is 6.30. The molecule has 0 bridgehead atoms. The highest BCUT2D eigenvalue weighted by atomic mass is 35.5. The van der Waals surface area contributed by atoms with Gasteiger partial charge in [-0.2, -0.15) is 0 Å². The van der Waals surface area contributed by atoms with E-state index >= 15 is 0 Å². The third kappa shape index (κ3) is 6.45. The first-order valence-corrected chi connectivity index (χ1v) is 10.8. The molecule has 0 aromatic heterocycles. The lowest BCUT2D eigenvalue weighted by molar-refractivity contribution is -0.138. The Morgan fingerprint density at radius 2 is 1.84 bits per heavy atom. The fraction of sp³-hybridized carbons (Fsp3) is 0.500. The van der Waals surface area contributed by atoms with Crippen molar-refractivity contribution < 1.29 is 29.3 Å². The number of amides is 2. The van der Waals surface area contributed by atoms with E-state index in [-0.39, 0.29) is 23.9 Å². The van der Waals surface area contributed by atoms with Gasteiger partial charge >= 0.3 is 5.97 Å². The summed E-state index contributed by atoms with van der Waals surface area (Å²) < 4.78 is 6.01. The maximum absolute atomic E-state index is 12.7. The number of aliphatic hydroxyl groups is 1. The van der Waals surface area contributed by atoms with Crippen molar-refractivity contribution in [1.82, 2.24) is 10.2 Å². The second-order valence-corrected chi connectivity index (χ2v) is 8.42. The Labute approximate surface area is 185 Å². The number of aliphatic carboxylic acids is 1. The number of rotatable bonds is 8. The van der Waals surface area contributed by atoms with Gasteiger partial charge in [0.1, 0.15) is 17.9 Å². The molecule has 9 heteroatoms. The highest BCUT2D eigenvalue weighted by Crippen LogP contribution is 2.29. The molecule has 0 unspecified atom stereocenters. The van der Waals surface area contributed by atoms with Crippen molar-refractivity contribution >= 4 is 29.4 Å². The van der Waals surface area contributed by atoms with E-state index in [1.807, 2.05) is 24.3 Å². The van der Waals surface area contributed by atoms with Crippen LogP contribution in [0.2, 0.25) is 5.02 Å². The van der Waals surface area contributed by atoms with Crippen molar-refractivity contribution in [2.45, 2.75) is 44.8 Å². The minimum Gasteiger partial charge on any atom is -0.511 e. The number of aliphatic hydroxyl groups excluding tert-OH is 1. The summed E-state index contributed by atoms with van der Waals surface area (Å²) in [5.41, 5.74) is 0.721. The monoisotopic (exact) mass is 450 g/mol. The first kappa shape index (κ1) is 23.1. The van der Waals surface area contributed by atoms with Crippen LogP contribution in [0.3, 0.4) is 0 Å². The van der Waals surface area contributed by atoms with Crippen LogP contribution in [-0.2, 0) is 25.7 Å².